The zero-order valence-electron chi connectivity index (χ0n) is 11.9. The highest BCUT2D eigenvalue weighted by atomic mass is 16.5. The number of carbonyl (C=O) groups excluding carboxylic acids is 3. The van der Waals surface area contributed by atoms with Crippen molar-refractivity contribution >= 4 is 29.2 Å². The molecule has 0 aliphatic rings. The van der Waals surface area contributed by atoms with Crippen molar-refractivity contribution < 1.29 is 19.1 Å². The third-order valence-electron chi connectivity index (χ3n) is 2.64. The van der Waals surface area contributed by atoms with Crippen LogP contribution in [0.15, 0.2) is 42.6 Å². The van der Waals surface area contributed by atoms with E-state index in [9.17, 15) is 14.4 Å². The summed E-state index contributed by atoms with van der Waals surface area (Å²) in [4.78, 5) is 36.8. The van der Waals surface area contributed by atoms with Crippen LogP contribution in [0, 0.1) is 0 Å². The van der Waals surface area contributed by atoms with E-state index in [0.29, 0.717) is 11.4 Å². The molecule has 7 heteroatoms. The topological polar surface area (TPSA) is 100 Å². The van der Waals surface area contributed by atoms with Crippen LogP contribution in [0.3, 0.4) is 0 Å². The van der Waals surface area contributed by atoms with Gasteiger partial charge in [-0.05, 0) is 36.4 Å². The number of hydrogen-bond acceptors (Lipinski definition) is 4. The first-order valence-electron chi connectivity index (χ1n) is 6.52. The molecule has 1 heterocycles. The van der Waals surface area contributed by atoms with Crippen molar-refractivity contribution in [1.29, 1.82) is 0 Å². The van der Waals surface area contributed by atoms with E-state index in [-0.39, 0.29) is 18.2 Å². The first-order chi connectivity index (χ1) is 10.5. The van der Waals surface area contributed by atoms with Crippen LogP contribution in [0.25, 0.3) is 0 Å². The molecule has 0 saturated heterocycles. The lowest BCUT2D eigenvalue weighted by atomic mass is 10.2. The zero-order chi connectivity index (χ0) is 15.9. The molecule has 0 saturated carbocycles. The third-order valence-corrected chi connectivity index (χ3v) is 2.64. The van der Waals surface area contributed by atoms with E-state index < -0.39 is 11.9 Å². The van der Waals surface area contributed by atoms with Crippen LogP contribution in [0.4, 0.5) is 11.4 Å². The average Bonchev–Trinajstić information content (AvgIpc) is 3.00. The Hall–Kier alpha value is -3.09. The van der Waals surface area contributed by atoms with E-state index in [4.69, 9.17) is 4.74 Å². The largest absolute Gasteiger partial charge is 0.451 e. The Balaban J connectivity index is 1.81. The van der Waals surface area contributed by atoms with Gasteiger partial charge in [0.2, 0.25) is 5.91 Å². The molecule has 114 valence electrons. The Morgan fingerprint density at radius 1 is 1.05 bits per heavy atom. The molecular weight excluding hydrogens is 286 g/mol. The van der Waals surface area contributed by atoms with Gasteiger partial charge in [-0.15, -0.1) is 0 Å². The van der Waals surface area contributed by atoms with Gasteiger partial charge in [0.25, 0.3) is 5.91 Å². The molecule has 3 N–H and O–H groups in total. The van der Waals surface area contributed by atoms with Gasteiger partial charge in [0.15, 0.2) is 6.61 Å². The van der Waals surface area contributed by atoms with Crippen LogP contribution in [0.5, 0.6) is 0 Å². The SMILES string of the molecule is CC(=O)Nc1ccc(NC(=O)COC(=O)c2ccc[nH]2)cc1. The summed E-state index contributed by atoms with van der Waals surface area (Å²) in [5, 5.41) is 5.20. The molecule has 0 spiro atoms. The highest BCUT2D eigenvalue weighted by molar-refractivity contribution is 5.95. The highest BCUT2D eigenvalue weighted by Gasteiger charge is 2.10. The summed E-state index contributed by atoms with van der Waals surface area (Å²) < 4.78 is 4.86. The minimum atomic E-state index is -0.596. The Morgan fingerprint density at radius 2 is 1.68 bits per heavy atom. The maximum atomic E-state index is 11.7. The smallest absolute Gasteiger partial charge is 0.355 e. The number of aromatic nitrogens is 1. The lowest BCUT2D eigenvalue weighted by Crippen LogP contribution is -2.21. The van der Waals surface area contributed by atoms with E-state index in [1.165, 1.54) is 6.92 Å². The fourth-order valence-electron chi connectivity index (χ4n) is 1.70. The molecular formula is C15H15N3O4. The van der Waals surface area contributed by atoms with Gasteiger partial charge >= 0.3 is 5.97 Å². The van der Waals surface area contributed by atoms with Crippen molar-refractivity contribution in [2.75, 3.05) is 17.2 Å². The van der Waals surface area contributed by atoms with Crippen LogP contribution in [0.1, 0.15) is 17.4 Å². The van der Waals surface area contributed by atoms with Crippen molar-refractivity contribution in [2.45, 2.75) is 6.92 Å². The predicted molar refractivity (Wildman–Crippen MR) is 80.5 cm³/mol. The number of anilines is 2. The van der Waals surface area contributed by atoms with Crippen molar-refractivity contribution in [2.24, 2.45) is 0 Å². The molecule has 0 bridgehead atoms. The standard InChI is InChI=1S/C15H15N3O4/c1-10(19)17-11-4-6-12(7-5-11)18-14(20)9-22-15(21)13-3-2-8-16-13/h2-8,16H,9H2,1H3,(H,17,19)(H,18,20). The molecule has 0 aliphatic heterocycles. The van der Waals surface area contributed by atoms with E-state index >= 15 is 0 Å². The number of benzene rings is 1. The molecule has 2 amide bonds. The van der Waals surface area contributed by atoms with Gasteiger partial charge in [0.1, 0.15) is 5.69 Å². The van der Waals surface area contributed by atoms with Crippen LogP contribution < -0.4 is 10.6 Å². The van der Waals surface area contributed by atoms with Gasteiger partial charge in [0, 0.05) is 24.5 Å². The van der Waals surface area contributed by atoms with Crippen molar-refractivity contribution in [3.63, 3.8) is 0 Å². The van der Waals surface area contributed by atoms with E-state index in [1.54, 1.807) is 42.6 Å². The maximum absolute atomic E-state index is 11.7. The lowest BCUT2D eigenvalue weighted by Gasteiger charge is -2.07. The first kappa shape index (κ1) is 15.3. The molecule has 0 unspecified atom stereocenters. The fourth-order valence-corrected chi connectivity index (χ4v) is 1.70. The van der Waals surface area contributed by atoms with E-state index in [0.717, 1.165) is 0 Å². The predicted octanol–water partition coefficient (Wildman–Crippen LogP) is 1.77. The summed E-state index contributed by atoms with van der Waals surface area (Å²) in [5.41, 5.74) is 1.45. The number of H-pyrrole nitrogens is 1. The fraction of sp³-hybridized carbons (Fsp3) is 0.133. The van der Waals surface area contributed by atoms with E-state index in [1.807, 2.05) is 0 Å². The van der Waals surface area contributed by atoms with Crippen molar-refractivity contribution in [3.05, 3.63) is 48.3 Å². The molecule has 0 radical (unpaired) electrons. The van der Waals surface area contributed by atoms with Crippen LogP contribution >= 0.6 is 0 Å². The van der Waals surface area contributed by atoms with Crippen LogP contribution in [-0.2, 0) is 14.3 Å². The number of esters is 1. The van der Waals surface area contributed by atoms with Gasteiger partial charge < -0.3 is 20.4 Å². The average molecular weight is 301 g/mol. The number of amides is 2. The van der Waals surface area contributed by atoms with Gasteiger partial charge in [-0.2, -0.15) is 0 Å². The zero-order valence-corrected chi connectivity index (χ0v) is 11.9. The normalized spacial score (nSPS) is 9.86. The molecule has 1 aromatic heterocycles. The quantitative estimate of drug-likeness (QED) is 0.733. The van der Waals surface area contributed by atoms with Crippen LogP contribution in [-0.4, -0.2) is 29.4 Å². The minimum Gasteiger partial charge on any atom is -0.451 e. The molecule has 0 aliphatic carbocycles. The molecule has 0 fully saturated rings. The number of carbonyl (C=O) groups is 3. The number of ether oxygens (including phenoxy) is 1. The maximum Gasteiger partial charge on any atom is 0.355 e. The summed E-state index contributed by atoms with van der Waals surface area (Å²) in [7, 11) is 0. The second-order valence-electron chi connectivity index (χ2n) is 4.47. The number of aromatic amines is 1. The summed E-state index contributed by atoms with van der Waals surface area (Å²) in [5.74, 6) is -1.22. The van der Waals surface area contributed by atoms with Crippen molar-refractivity contribution in [3.8, 4) is 0 Å². The minimum absolute atomic E-state index is 0.173. The summed E-state index contributed by atoms with van der Waals surface area (Å²) in [6.07, 6.45) is 1.59. The van der Waals surface area contributed by atoms with Gasteiger partial charge in [-0.1, -0.05) is 0 Å². The molecule has 2 aromatic rings. The van der Waals surface area contributed by atoms with Crippen LogP contribution in [0.2, 0.25) is 0 Å². The molecule has 1 aromatic carbocycles. The Kier molecular flexibility index (Phi) is 4.92. The number of rotatable bonds is 5. The first-order valence-corrected chi connectivity index (χ1v) is 6.52. The Bertz CT molecular complexity index is 663. The lowest BCUT2D eigenvalue weighted by molar-refractivity contribution is -0.119. The van der Waals surface area contributed by atoms with E-state index in [2.05, 4.69) is 15.6 Å². The van der Waals surface area contributed by atoms with Gasteiger partial charge in [0.05, 0.1) is 0 Å². The monoisotopic (exact) mass is 301 g/mol. The van der Waals surface area contributed by atoms with Gasteiger partial charge in [-0.3, -0.25) is 9.59 Å². The second kappa shape index (κ2) is 7.07. The summed E-state index contributed by atoms with van der Waals surface area (Å²) in [6, 6.07) is 9.80. The highest BCUT2D eigenvalue weighted by Crippen LogP contribution is 2.13. The Labute approximate surface area is 126 Å². The molecule has 0 atom stereocenters. The molecule has 22 heavy (non-hydrogen) atoms. The summed E-state index contributed by atoms with van der Waals surface area (Å²) in [6.45, 7) is 1.03. The Morgan fingerprint density at radius 3 is 2.23 bits per heavy atom. The van der Waals surface area contributed by atoms with Gasteiger partial charge in [-0.25, -0.2) is 4.79 Å². The number of nitrogens with one attached hydrogen (secondary N) is 3. The number of hydrogen-bond donors (Lipinski definition) is 3. The second-order valence-corrected chi connectivity index (χ2v) is 4.47. The third kappa shape index (κ3) is 4.48. The summed E-state index contributed by atoms with van der Waals surface area (Å²) >= 11 is 0. The molecule has 7 nitrogen and oxygen atoms in total. The molecule has 2 rings (SSSR count). The van der Waals surface area contributed by atoms with Crippen molar-refractivity contribution in [1.82, 2.24) is 4.98 Å².